The number of hydrogen-bond donors (Lipinski definition) is 1. The monoisotopic (exact) mass is 440 g/mol. The maximum Gasteiger partial charge on any atom is 0.248 e. The highest BCUT2D eigenvalue weighted by Crippen LogP contribution is 2.25. The third-order valence-corrected chi connectivity index (χ3v) is 6.58. The molecule has 6 nitrogen and oxygen atoms in total. The van der Waals surface area contributed by atoms with Crippen molar-refractivity contribution in [3.8, 4) is 0 Å². The second kappa shape index (κ2) is 9.07. The van der Waals surface area contributed by atoms with E-state index in [0.717, 1.165) is 0 Å². The van der Waals surface area contributed by atoms with E-state index in [0.29, 0.717) is 47.6 Å². The van der Waals surface area contributed by atoms with Gasteiger partial charge in [-0.2, -0.15) is 4.31 Å². The van der Waals surface area contributed by atoms with Crippen LogP contribution in [0.4, 0.5) is 5.69 Å². The molecule has 3 rings (SSSR count). The maximum atomic E-state index is 12.6. The van der Waals surface area contributed by atoms with Gasteiger partial charge in [-0.25, -0.2) is 8.42 Å². The van der Waals surface area contributed by atoms with Crippen molar-refractivity contribution in [3.63, 3.8) is 0 Å². The van der Waals surface area contributed by atoms with Crippen LogP contribution in [0.2, 0.25) is 10.0 Å². The molecular formula is C19H18Cl2N2O4S. The molecule has 0 radical (unpaired) electrons. The third-order valence-electron chi connectivity index (χ3n) is 4.10. The Morgan fingerprint density at radius 3 is 2.43 bits per heavy atom. The van der Waals surface area contributed by atoms with Crippen molar-refractivity contribution in [3.05, 3.63) is 64.1 Å². The molecule has 1 fully saturated rings. The Morgan fingerprint density at radius 2 is 1.75 bits per heavy atom. The number of sulfonamides is 1. The summed E-state index contributed by atoms with van der Waals surface area (Å²) in [5.74, 6) is -0.380. The fraction of sp³-hybridized carbons (Fsp3) is 0.211. The number of amides is 1. The van der Waals surface area contributed by atoms with Gasteiger partial charge in [0.1, 0.15) is 0 Å². The maximum absolute atomic E-state index is 12.6. The molecule has 0 atom stereocenters. The first-order chi connectivity index (χ1) is 13.4. The highest BCUT2D eigenvalue weighted by atomic mass is 35.5. The molecule has 1 aliphatic heterocycles. The molecule has 0 aliphatic carbocycles. The Kier molecular flexibility index (Phi) is 6.74. The van der Waals surface area contributed by atoms with Gasteiger partial charge >= 0.3 is 0 Å². The van der Waals surface area contributed by atoms with E-state index in [1.165, 1.54) is 22.5 Å². The van der Waals surface area contributed by atoms with Gasteiger partial charge in [0.2, 0.25) is 15.9 Å². The summed E-state index contributed by atoms with van der Waals surface area (Å²) in [6, 6.07) is 11.1. The molecule has 2 aromatic carbocycles. The van der Waals surface area contributed by atoms with Crippen LogP contribution in [0.25, 0.3) is 6.08 Å². The second-order valence-corrected chi connectivity index (χ2v) is 8.81. The molecule has 1 saturated heterocycles. The van der Waals surface area contributed by atoms with Gasteiger partial charge in [-0.15, -0.1) is 0 Å². The fourth-order valence-electron chi connectivity index (χ4n) is 2.63. The standard InChI is InChI=1S/C19H18Cl2N2O4S/c20-15-4-7-17(21)18(13-15)22-19(24)8-3-14-1-5-16(6-2-14)28(25,26)23-9-11-27-12-10-23/h1-8,13H,9-12H2,(H,22,24). The van der Waals surface area contributed by atoms with Crippen molar-refractivity contribution in [2.24, 2.45) is 0 Å². The van der Waals surface area contributed by atoms with Gasteiger partial charge in [0.05, 0.1) is 28.8 Å². The van der Waals surface area contributed by atoms with Gasteiger partial charge in [0.15, 0.2) is 0 Å². The molecule has 1 heterocycles. The average molecular weight is 441 g/mol. The Morgan fingerprint density at radius 1 is 1.07 bits per heavy atom. The van der Waals surface area contributed by atoms with E-state index < -0.39 is 10.0 Å². The van der Waals surface area contributed by atoms with Gasteiger partial charge in [-0.1, -0.05) is 35.3 Å². The summed E-state index contributed by atoms with van der Waals surface area (Å²) in [7, 11) is -3.54. The summed E-state index contributed by atoms with van der Waals surface area (Å²) in [4.78, 5) is 12.3. The number of anilines is 1. The van der Waals surface area contributed by atoms with Crippen LogP contribution < -0.4 is 5.32 Å². The summed E-state index contributed by atoms with van der Waals surface area (Å²) in [6.07, 6.45) is 2.92. The molecule has 2 aromatic rings. The first-order valence-electron chi connectivity index (χ1n) is 8.48. The van der Waals surface area contributed by atoms with Crippen LogP contribution in [0.5, 0.6) is 0 Å². The number of halogens is 2. The molecule has 1 N–H and O–H groups in total. The summed E-state index contributed by atoms with van der Waals surface area (Å²) in [5.41, 5.74) is 1.10. The first-order valence-corrected chi connectivity index (χ1v) is 10.7. The zero-order chi connectivity index (χ0) is 20.1. The lowest BCUT2D eigenvalue weighted by Crippen LogP contribution is -2.40. The number of hydrogen-bond acceptors (Lipinski definition) is 4. The summed E-state index contributed by atoms with van der Waals surface area (Å²) in [5, 5.41) is 3.48. The normalized spacial score (nSPS) is 15.6. The zero-order valence-corrected chi connectivity index (χ0v) is 17.1. The van der Waals surface area contributed by atoms with E-state index in [9.17, 15) is 13.2 Å². The van der Waals surface area contributed by atoms with Crippen LogP contribution in [0.15, 0.2) is 53.4 Å². The summed E-state index contributed by atoms with van der Waals surface area (Å²) < 4.78 is 31.8. The van der Waals surface area contributed by atoms with Gasteiger partial charge < -0.3 is 10.1 Å². The summed E-state index contributed by atoms with van der Waals surface area (Å²) >= 11 is 11.9. The average Bonchev–Trinajstić information content (AvgIpc) is 2.70. The Bertz CT molecular complexity index is 985. The lowest BCUT2D eigenvalue weighted by molar-refractivity contribution is -0.111. The van der Waals surface area contributed by atoms with Crippen molar-refractivity contribution in [1.29, 1.82) is 0 Å². The van der Waals surface area contributed by atoms with Crippen molar-refractivity contribution >= 4 is 50.9 Å². The van der Waals surface area contributed by atoms with Crippen LogP contribution in [0.1, 0.15) is 5.56 Å². The van der Waals surface area contributed by atoms with Crippen molar-refractivity contribution in [1.82, 2.24) is 4.31 Å². The van der Waals surface area contributed by atoms with Crippen molar-refractivity contribution < 1.29 is 17.9 Å². The molecule has 0 unspecified atom stereocenters. The Labute approximate surface area is 173 Å². The van der Waals surface area contributed by atoms with Gasteiger partial charge in [0, 0.05) is 24.2 Å². The fourth-order valence-corrected chi connectivity index (χ4v) is 4.37. The number of nitrogens with zero attached hydrogens (tertiary/aromatic N) is 1. The molecule has 1 amide bonds. The highest BCUT2D eigenvalue weighted by molar-refractivity contribution is 7.89. The number of nitrogens with one attached hydrogen (secondary N) is 1. The summed E-state index contributed by atoms with van der Waals surface area (Å²) in [6.45, 7) is 1.48. The lowest BCUT2D eigenvalue weighted by Gasteiger charge is -2.26. The van der Waals surface area contributed by atoms with Crippen LogP contribution in [-0.4, -0.2) is 44.9 Å². The molecule has 0 spiro atoms. The molecule has 0 aromatic heterocycles. The number of morpholine rings is 1. The first kappa shape index (κ1) is 20.8. The minimum absolute atomic E-state index is 0.210. The zero-order valence-electron chi connectivity index (χ0n) is 14.8. The molecule has 1 aliphatic rings. The third kappa shape index (κ3) is 5.12. The molecule has 148 valence electrons. The number of carbonyl (C=O) groups excluding carboxylic acids is 1. The van der Waals surface area contributed by atoms with Gasteiger partial charge in [-0.05, 0) is 42.0 Å². The van der Waals surface area contributed by atoms with Crippen LogP contribution in [0.3, 0.4) is 0 Å². The Balaban J connectivity index is 1.66. The van der Waals surface area contributed by atoms with Crippen molar-refractivity contribution in [2.45, 2.75) is 4.90 Å². The van der Waals surface area contributed by atoms with Crippen molar-refractivity contribution in [2.75, 3.05) is 31.6 Å². The number of ether oxygens (including phenoxy) is 1. The lowest BCUT2D eigenvalue weighted by atomic mass is 10.2. The quantitative estimate of drug-likeness (QED) is 0.719. The molecule has 9 heteroatoms. The number of carbonyl (C=O) groups is 1. The van der Waals surface area contributed by atoms with Crippen LogP contribution >= 0.6 is 23.2 Å². The van der Waals surface area contributed by atoms with E-state index in [1.54, 1.807) is 36.4 Å². The SMILES string of the molecule is O=C(C=Cc1ccc(S(=O)(=O)N2CCOCC2)cc1)Nc1cc(Cl)ccc1Cl. The minimum atomic E-state index is -3.54. The Hall–Kier alpha value is -1.90. The van der Waals surface area contributed by atoms with E-state index in [4.69, 9.17) is 27.9 Å². The van der Waals surface area contributed by atoms with E-state index >= 15 is 0 Å². The highest BCUT2D eigenvalue weighted by Gasteiger charge is 2.25. The largest absolute Gasteiger partial charge is 0.379 e. The second-order valence-electron chi connectivity index (χ2n) is 6.03. The molecule has 0 saturated carbocycles. The van der Waals surface area contributed by atoms with Crippen LogP contribution in [0, 0.1) is 0 Å². The van der Waals surface area contributed by atoms with E-state index in [2.05, 4.69) is 5.32 Å². The van der Waals surface area contributed by atoms with E-state index in [-0.39, 0.29) is 10.8 Å². The molecule has 28 heavy (non-hydrogen) atoms. The van der Waals surface area contributed by atoms with Crippen LogP contribution in [-0.2, 0) is 19.6 Å². The number of benzene rings is 2. The van der Waals surface area contributed by atoms with E-state index in [1.807, 2.05) is 0 Å². The van der Waals surface area contributed by atoms with Gasteiger partial charge in [-0.3, -0.25) is 4.79 Å². The smallest absolute Gasteiger partial charge is 0.248 e. The topological polar surface area (TPSA) is 75.7 Å². The minimum Gasteiger partial charge on any atom is -0.379 e. The molecular weight excluding hydrogens is 423 g/mol. The predicted octanol–water partition coefficient (Wildman–Crippen LogP) is 3.67. The number of rotatable bonds is 5. The van der Waals surface area contributed by atoms with Gasteiger partial charge in [0.25, 0.3) is 0 Å². The predicted molar refractivity (Wildman–Crippen MR) is 110 cm³/mol. The molecule has 0 bridgehead atoms.